The lowest BCUT2D eigenvalue weighted by Gasteiger charge is -2.00. The lowest BCUT2D eigenvalue weighted by molar-refractivity contribution is 0.429. The van der Waals surface area contributed by atoms with Crippen molar-refractivity contribution in [2.45, 2.75) is 62.5 Å². The van der Waals surface area contributed by atoms with Gasteiger partial charge in [-0.3, -0.25) is 0 Å². The van der Waals surface area contributed by atoms with Gasteiger partial charge < -0.3 is 0 Å². The van der Waals surface area contributed by atoms with Crippen molar-refractivity contribution >= 4 is 22.6 Å². The van der Waals surface area contributed by atoms with E-state index in [2.05, 4.69) is 6.92 Å². The molecule has 0 saturated heterocycles. The summed E-state index contributed by atoms with van der Waals surface area (Å²) in [6.45, 7) is 2.23. The third-order valence-corrected chi connectivity index (χ3v) is 2.65. The first-order chi connectivity index (χ1) is 5.77. The van der Waals surface area contributed by atoms with E-state index in [1.165, 1.54) is 38.5 Å². The summed E-state index contributed by atoms with van der Waals surface area (Å²) >= 11 is 1.85. The van der Waals surface area contributed by atoms with E-state index in [0.717, 1.165) is 12.8 Å². The quantitative estimate of drug-likeness (QED) is 0.339. The van der Waals surface area contributed by atoms with Crippen LogP contribution < -0.4 is 0 Å². The summed E-state index contributed by atoms with van der Waals surface area (Å²) in [6.07, 6.45) is 9.69. The molecule has 0 aliphatic carbocycles. The van der Waals surface area contributed by atoms with Crippen molar-refractivity contribution in [2.24, 2.45) is 0 Å². The standard InChI is InChI=1S/C10H20FI/c1-2-3-4-5-6-7-8-9-10(11)12/h10H,2-9H2,1H3. The van der Waals surface area contributed by atoms with Crippen molar-refractivity contribution in [3.63, 3.8) is 0 Å². The minimum Gasteiger partial charge on any atom is -0.236 e. The largest absolute Gasteiger partial charge is 0.236 e. The zero-order valence-corrected chi connectivity index (χ0v) is 10.1. The highest BCUT2D eigenvalue weighted by atomic mass is 127. The number of rotatable bonds is 8. The highest BCUT2D eigenvalue weighted by molar-refractivity contribution is 14.1. The third kappa shape index (κ3) is 10.7. The first-order valence-corrected chi connectivity index (χ1v) is 6.30. The highest BCUT2D eigenvalue weighted by Gasteiger charge is 1.98. The van der Waals surface area contributed by atoms with Gasteiger partial charge in [0.05, 0.1) is 0 Å². The number of unbranched alkanes of at least 4 members (excludes halogenated alkanes) is 6. The first kappa shape index (κ1) is 12.7. The zero-order chi connectivity index (χ0) is 9.23. The maximum atomic E-state index is 12.3. The number of hydrogen-bond acceptors (Lipinski definition) is 0. The van der Waals surface area contributed by atoms with Crippen LogP contribution in [-0.4, -0.2) is 4.18 Å². The topological polar surface area (TPSA) is 0 Å². The van der Waals surface area contributed by atoms with Crippen LogP contribution >= 0.6 is 22.6 Å². The van der Waals surface area contributed by atoms with E-state index in [1.54, 1.807) is 0 Å². The lowest BCUT2D eigenvalue weighted by Crippen LogP contribution is -1.87. The second-order valence-electron chi connectivity index (χ2n) is 3.30. The van der Waals surface area contributed by atoms with Crippen molar-refractivity contribution in [1.29, 1.82) is 0 Å². The Morgan fingerprint density at radius 1 is 1.00 bits per heavy atom. The maximum Gasteiger partial charge on any atom is 0.151 e. The molecule has 0 fully saturated rings. The van der Waals surface area contributed by atoms with Crippen LogP contribution in [0.15, 0.2) is 0 Å². The minimum atomic E-state index is -0.627. The molecule has 0 N–H and O–H groups in total. The monoisotopic (exact) mass is 286 g/mol. The van der Waals surface area contributed by atoms with Crippen LogP contribution in [0.4, 0.5) is 4.39 Å². The van der Waals surface area contributed by atoms with E-state index in [-0.39, 0.29) is 0 Å². The minimum absolute atomic E-state index is 0.627. The Labute approximate surface area is 89.5 Å². The molecule has 0 rings (SSSR count). The summed E-state index contributed by atoms with van der Waals surface area (Å²) in [5.41, 5.74) is 0. The Balaban J connectivity index is 2.82. The van der Waals surface area contributed by atoms with Gasteiger partial charge in [0.2, 0.25) is 0 Å². The van der Waals surface area contributed by atoms with Gasteiger partial charge in [-0.25, -0.2) is 4.39 Å². The Bertz CT molecular complexity index is 83.9. The summed E-state index contributed by atoms with van der Waals surface area (Å²) in [5.74, 6) is 0. The average molecular weight is 286 g/mol. The van der Waals surface area contributed by atoms with Gasteiger partial charge in [-0.2, -0.15) is 0 Å². The molecule has 0 aliphatic rings. The SMILES string of the molecule is CCCCCCCCCC(F)I. The molecule has 0 heterocycles. The Hall–Kier alpha value is 0.660. The van der Waals surface area contributed by atoms with Crippen LogP contribution in [0.2, 0.25) is 0 Å². The molecule has 0 aromatic heterocycles. The fourth-order valence-corrected chi connectivity index (χ4v) is 1.70. The van der Waals surface area contributed by atoms with Gasteiger partial charge in [0.1, 0.15) is 0 Å². The molecular weight excluding hydrogens is 266 g/mol. The van der Waals surface area contributed by atoms with Gasteiger partial charge in [-0.1, -0.05) is 45.4 Å². The average Bonchev–Trinajstić information content (AvgIpc) is 2.02. The third-order valence-electron chi connectivity index (χ3n) is 2.03. The maximum absolute atomic E-state index is 12.3. The molecule has 1 unspecified atom stereocenters. The van der Waals surface area contributed by atoms with E-state index in [9.17, 15) is 4.39 Å². The molecule has 0 radical (unpaired) electrons. The molecule has 74 valence electrons. The zero-order valence-electron chi connectivity index (χ0n) is 7.99. The summed E-state index contributed by atoms with van der Waals surface area (Å²) in [4.78, 5) is 0. The van der Waals surface area contributed by atoms with Gasteiger partial charge in [0.15, 0.2) is 4.18 Å². The predicted molar refractivity (Wildman–Crippen MR) is 61.5 cm³/mol. The Morgan fingerprint density at radius 2 is 1.50 bits per heavy atom. The van der Waals surface area contributed by atoms with E-state index in [0.29, 0.717) is 0 Å². The van der Waals surface area contributed by atoms with E-state index in [4.69, 9.17) is 0 Å². The predicted octanol–water partition coefficient (Wildman–Crippen LogP) is 4.86. The van der Waals surface area contributed by atoms with Gasteiger partial charge in [0.25, 0.3) is 0 Å². The number of hydrogen-bond donors (Lipinski definition) is 0. The molecule has 2 heteroatoms. The van der Waals surface area contributed by atoms with E-state index in [1.807, 2.05) is 22.6 Å². The molecule has 0 aromatic rings. The summed E-state index contributed by atoms with van der Waals surface area (Å²) in [5, 5.41) is 0. The highest BCUT2D eigenvalue weighted by Crippen LogP contribution is 2.14. The van der Waals surface area contributed by atoms with Gasteiger partial charge >= 0.3 is 0 Å². The Morgan fingerprint density at radius 3 is 2.00 bits per heavy atom. The van der Waals surface area contributed by atoms with Crippen molar-refractivity contribution in [1.82, 2.24) is 0 Å². The van der Waals surface area contributed by atoms with Gasteiger partial charge in [0, 0.05) is 0 Å². The second kappa shape index (κ2) is 9.75. The van der Waals surface area contributed by atoms with E-state index < -0.39 is 4.18 Å². The molecular formula is C10H20FI. The fourth-order valence-electron chi connectivity index (χ4n) is 1.26. The van der Waals surface area contributed by atoms with E-state index >= 15 is 0 Å². The fraction of sp³-hybridized carbons (Fsp3) is 1.00. The molecule has 0 nitrogen and oxygen atoms in total. The summed E-state index contributed by atoms with van der Waals surface area (Å²) in [6, 6.07) is 0. The van der Waals surface area contributed by atoms with Crippen LogP contribution in [0.5, 0.6) is 0 Å². The molecule has 0 bridgehead atoms. The van der Waals surface area contributed by atoms with Crippen LogP contribution in [0.25, 0.3) is 0 Å². The molecule has 0 aliphatic heterocycles. The van der Waals surface area contributed by atoms with Crippen LogP contribution in [0, 0.1) is 0 Å². The number of alkyl halides is 2. The molecule has 0 amide bonds. The summed E-state index contributed by atoms with van der Waals surface area (Å²) in [7, 11) is 0. The van der Waals surface area contributed by atoms with Crippen molar-refractivity contribution < 1.29 is 4.39 Å². The van der Waals surface area contributed by atoms with Gasteiger partial charge in [-0.05, 0) is 35.4 Å². The summed E-state index contributed by atoms with van der Waals surface area (Å²) < 4.78 is 11.7. The van der Waals surface area contributed by atoms with Crippen LogP contribution in [0.1, 0.15) is 58.3 Å². The second-order valence-corrected chi connectivity index (χ2v) is 4.65. The first-order valence-electron chi connectivity index (χ1n) is 5.05. The van der Waals surface area contributed by atoms with Gasteiger partial charge in [-0.15, -0.1) is 0 Å². The number of halogens is 2. The molecule has 0 spiro atoms. The molecule has 0 saturated carbocycles. The molecule has 1 atom stereocenters. The smallest absolute Gasteiger partial charge is 0.151 e. The lowest BCUT2D eigenvalue weighted by atomic mass is 10.1. The Kier molecular flexibility index (Phi) is 10.3. The van der Waals surface area contributed by atoms with Crippen LogP contribution in [-0.2, 0) is 0 Å². The van der Waals surface area contributed by atoms with Crippen LogP contribution in [0.3, 0.4) is 0 Å². The van der Waals surface area contributed by atoms with Crippen molar-refractivity contribution in [3.05, 3.63) is 0 Å². The normalized spacial score (nSPS) is 13.2. The molecule has 12 heavy (non-hydrogen) atoms. The van der Waals surface area contributed by atoms with Crippen molar-refractivity contribution in [2.75, 3.05) is 0 Å². The van der Waals surface area contributed by atoms with Crippen molar-refractivity contribution in [3.8, 4) is 0 Å². The molecule has 0 aromatic carbocycles.